The molecule has 1 aromatic heterocycles. The molecule has 1 N–H and O–H groups in total. The molecule has 0 unspecified atom stereocenters. The van der Waals surface area contributed by atoms with Gasteiger partial charge >= 0.3 is 6.18 Å². The molecule has 0 aliphatic carbocycles. The van der Waals surface area contributed by atoms with Crippen LogP contribution >= 0.6 is 11.8 Å². The van der Waals surface area contributed by atoms with Crippen molar-refractivity contribution in [1.82, 2.24) is 9.97 Å². The lowest BCUT2D eigenvalue weighted by atomic mass is 10.0. The molecule has 2 nitrogen and oxygen atoms in total. The number of halogens is 3. The smallest absolute Gasteiger partial charge is 0.340 e. The van der Waals surface area contributed by atoms with E-state index in [1.54, 1.807) is 24.2 Å². The average Bonchev–Trinajstić information content (AvgIpc) is 2.88. The highest BCUT2D eigenvalue weighted by Crippen LogP contribution is 2.31. The maximum absolute atomic E-state index is 12.4. The minimum Gasteiger partial charge on any atom is -0.340 e. The minimum absolute atomic E-state index is 0.164. The van der Waals surface area contributed by atoms with Gasteiger partial charge in [0.15, 0.2) is 5.16 Å². The number of benzene rings is 1. The molecule has 0 aliphatic heterocycles. The van der Waals surface area contributed by atoms with Crippen LogP contribution in [0.5, 0.6) is 0 Å². The Morgan fingerprint density at radius 3 is 2.47 bits per heavy atom. The molecule has 0 bridgehead atoms. The zero-order chi connectivity index (χ0) is 13.9. The van der Waals surface area contributed by atoms with E-state index in [1.165, 1.54) is 12.1 Å². The van der Waals surface area contributed by atoms with Gasteiger partial charge in [0, 0.05) is 18.1 Å². The van der Waals surface area contributed by atoms with Crippen molar-refractivity contribution in [1.29, 1.82) is 0 Å². The van der Waals surface area contributed by atoms with E-state index in [2.05, 4.69) is 9.97 Å². The zero-order valence-corrected chi connectivity index (χ0v) is 11.1. The quantitative estimate of drug-likeness (QED) is 0.848. The molecule has 1 atom stereocenters. The molecular weight excluding hydrogens is 273 g/mol. The third-order valence-electron chi connectivity index (χ3n) is 2.75. The van der Waals surface area contributed by atoms with Crippen LogP contribution in [-0.4, -0.2) is 15.7 Å². The van der Waals surface area contributed by atoms with Crippen molar-refractivity contribution in [2.75, 3.05) is 5.75 Å². The lowest BCUT2D eigenvalue weighted by Crippen LogP contribution is -2.05. The minimum atomic E-state index is -4.27. The van der Waals surface area contributed by atoms with E-state index >= 15 is 0 Å². The predicted octanol–water partition coefficient (Wildman–Crippen LogP) is 4.32. The molecule has 19 heavy (non-hydrogen) atoms. The number of thioether (sulfide) groups is 1. The Balaban J connectivity index is 1.97. The molecule has 102 valence electrons. The van der Waals surface area contributed by atoms with Gasteiger partial charge in [0.1, 0.15) is 0 Å². The maximum Gasteiger partial charge on any atom is 0.416 e. The van der Waals surface area contributed by atoms with Crippen LogP contribution in [-0.2, 0) is 6.18 Å². The maximum atomic E-state index is 12.4. The Kier molecular flexibility index (Phi) is 4.19. The first kappa shape index (κ1) is 14.0. The van der Waals surface area contributed by atoms with Gasteiger partial charge in [0.2, 0.25) is 0 Å². The molecule has 1 aromatic carbocycles. The summed E-state index contributed by atoms with van der Waals surface area (Å²) in [7, 11) is 0. The number of H-pyrrole nitrogens is 1. The molecule has 1 heterocycles. The summed E-state index contributed by atoms with van der Waals surface area (Å²) in [5.41, 5.74) is 0.286. The van der Waals surface area contributed by atoms with Crippen molar-refractivity contribution < 1.29 is 13.2 Å². The normalized spacial score (nSPS) is 13.5. The van der Waals surface area contributed by atoms with Gasteiger partial charge in [-0.3, -0.25) is 0 Å². The Morgan fingerprint density at radius 2 is 1.95 bits per heavy atom. The number of nitrogens with one attached hydrogen (secondary N) is 1. The largest absolute Gasteiger partial charge is 0.416 e. The van der Waals surface area contributed by atoms with Crippen LogP contribution in [0.25, 0.3) is 0 Å². The number of imidazole rings is 1. The van der Waals surface area contributed by atoms with Crippen LogP contribution in [0.15, 0.2) is 41.8 Å². The summed E-state index contributed by atoms with van der Waals surface area (Å²) in [6, 6.07) is 5.33. The summed E-state index contributed by atoms with van der Waals surface area (Å²) >= 11 is 1.55. The fourth-order valence-corrected chi connectivity index (χ4v) is 2.52. The molecule has 0 fully saturated rings. The van der Waals surface area contributed by atoms with Crippen LogP contribution in [0.4, 0.5) is 13.2 Å². The topological polar surface area (TPSA) is 28.7 Å². The highest BCUT2D eigenvalue weighted by molar-refractivity contribution is 7.99. The summed E-state index contributed by atoms with van der Waals surface area (Å²) in [5, 5.41) is 0.818. The zero-order valence-electron chi connectivity index (χ0n) is 10.2. The van der Waals surface area contributed by atoms with Gasteiger partial charge in [-0.1, -0.05) is 30.8 Å². The second-order valence-corrected chi connectivity index (χ2v) is 5.23. The Morgan fingerprint density at radius 1 is 1.26 bits per heavy atom. The van der Waals surface area contributed by atoms with Crippen LogP contribution in [0, 0.1) is 0 Å². The number of alkyl halides is 3. The lowest BCUT2D eigenvalue weighted by Gasteiger charge is -2.12. The van der Waals surface area contributed by atoms with E-state index in [1.807, 2.05) is 6.92 Å². The first-order chi connectivity index (χ1) is 8.97. The number of hydrogen-bond donors (Lipinski definition) is 1. The van der Waals surface area contributed by atoms with E-state index in [9.17, 15) is 13.2 Å². The molecule has 0 spiro atoms. The first-order valence-corrected chi connectivity index (χ1v) is 6.74. The fraction of sp³-hybridized carbons (Fsp3) is 0.308. The van der Waals surface area contributed by atoms with Crippen molar-refractivity contribution in [3.05, 3.63) is 47.8 Å². The Hall–Kier alpha value is -1.43. The molecule has 2 aromatic rings. The number of aromatic amines is 1. The molecular formula is C13H13F3N2S. The Labute approximate surface area is 113 Å². The standard InChI is InChI=1S/C13H13F3N2S/c1-9(8-19-12-17-6-7-18-12)10-2-4-11(5-3-10)13(14,15)16/h2-7,9H,8H2,1H3,(H,17,18)/t9-/m1/s1. The van der Waals surface area contributed by atoms with Crippen molar-refractivity contribution in [2.45, 2.75) is 24.2 Å². The third-order valence-corrected chi connectivity index (χ3v) is 3.91. The number of hydrogen-bond acceptors (Lipinski definition) is 2. The molecule has 0 saturated carbocycles. The number of aromatic nitrogens is 2. The highest BCUT2D eigenvalue weighted by atomic mass is 32.2. The molecule has 0 saturated heterocycles. The number of rotatable bonds is 4. The second kappa shape index (κ2) is 5.69. The van der Waals surface area contributed by atoms with E-state index in [0.717, 1.165) is 28.6 Å². The van der Waals surface area contributed by atoms with E-state index < -0.39 is 11.7 Å². The summed E-state index contributed by atoms with van der Waals surface area (Å²) < 4.78 is 37.3. The van der Waals surface area contributed by atoms with E-state index in [-0.39, 0.29) is 5.92 Å². The van der Waals surface area contributed by atoms with Crippen LogP contribution in [0.1, 0.15) is 24.0 Å². The summed E-state index contributed by atoms with van der Waals surface area (Å²) in [6.45, 7) is 1.98. The van der Waals surface area contributed by atoms with Crippen molar-refractivity contribution in [3.63, 3.8) is 0 Å². The predicted molar refractivity (Wildman–Crippen MR) is 69.2 cm³/mol. The van der Waals surface area contributed by atoms with Gasteiger partial charge in [-0.2, -0.15) is 13.2 Å². The van der Waals surface area contributed by atoms with Crippen LogP contribution in [0.2, 0.25) is 0 Å². The average molecular weight is 286 g/mol. The molecule has 6 heteroatoms. The van der Waals surface area contributed by atoms with Crippen LogP contribution in [0.3, 0.4) is 0 Å². The second-order valence-electron chi connectivity index (χ2n) is 4.23. The molecule has 2 rings (SSSR count). The molecule has 0 amide bonds. The fourth-order valence-electron chi connectivity index (χ4n) is 1.63. The van der Waals surface area contributed by atoms with E-state index in [0.29, 0.717) is 0 Å². The SMILES string of the molecule is C[C@H](CSc1ncc[nH]1)c1ccc(C(F)(F)F)cc1. The summed E-state index contributed by atoms with van der Waals surface area (Å²) in [6.07, 6.45) is -0.860. The lowest BCUT2D eigenvalue weighted by molar-refractivity contribution is -0.137. The van der Waals surface area contributed by atoms with Crippen molar-refractivity contribution in [2.24, 2.45) is 0 Å². The van der Waals surface area contributed by atoms with Gasteiger partial charge in [-0.25, -0.2) is 4.98 Å². The first-order valence-electron chi connectivity index (χ1n) is 5.76. The highest BCUT2D eigenvalue weighted by Gasteiger charge is 2.30. The Bertz CT molecular complexity index is 506. The van der Waals surface area contributed by atoms with Crippen molar-refractivity contribution >= 4 is 11.8 Å². The monoisotopic (exact) mass is 286 g/mol. The van der Waals surface area contributed by atoms with Gasteiger partial charge < -0.3 is 4.98 Å². The molecule has 0 aliphatic rings. The molecule has 0 radical (unpaired) electrons. The van der Waals surface area contributed by atoms with Gasteiger partial charge in [0.05, 0.1) is 5.56 Å². The summed E-state index contributed by atoms with van der Waals surface area (Å²) in [4.78, 5) is 7.06. The van der Waals surface area contributed by atoms with Crippen LogP contribution < -0.4 is 0 Å². The third kappa shape index (κ3) is 3.76. The van der Waals surface area contributed by atoms with E-state index in [4.69, 9.17) is 0 Å². The van der Waals surface area contributed by atoms with Gasteiger partial charge in [-0.05, 0) is 23.6 Å². The number of nitrogens with zero attached hydrogens (tertiary/aromatic N) is 1. The van der Waals surface area contributed by atoms with Crippen molar-refractivity contribution in [3.8, 4) is 0 Å². The summed E-state index contributed by atoms with van der Waals surface area (Å²) in [5.74, 6) is 0.927. The van der Waals surface area contributed by atoms with Gasteiger partial charge in [-0.15, -0.1) is 0 Å². The van der Waals surface area contributed by atoms with Gasteiger partial charge in [0.25, 0.3) is 0 Å².